The summed E-state index contributed by atoms with van der Waals surface area (Å²) in [5.41, 5.74) is 5.66. The molecule has 1 saturated heterocycles. The summed E-state index contributed by atoms with van der Waals surface area (Å²) in [6, 6.07) is 0.135. The maximum Gasteiger partial charge on any atom is 0.279 e. The molecule has 1 saturated carbocycles. The summed E-state index contributed by atoms with van der Waals surface area (Å²) in [5.74, 6) is 1.29. The fourth-order valence-corrected chi connectivity index (χ4v) is 5.15. The van der Waals surface area contributed by atoms with Gasteiger partial charge in [0.15, 0.2) is 0 Å². The quantitative estimate of drug-likeness (QED) is 0.785. The summed E-state index contributed by atoms with van der Waals surface area (Å²) in [6.45, 7) is 4.12. The van der Waals surface area contributed by atoms with Crippen LogP contribution in [-0.2, 0) is 10.2 Å². The normalized spacial score (nSPS) is 29.6. The van der Waals surface area contributed by atoms with Gasteiger partial charge in [-0.3, -0.25) is 0 Å². The zero-order valence-corrected chi connectivity index (χ0v) is 14.1. The standard InChI is InChI=1S/C15H31N3O2S/c1-2-3-13-4-6-15(7-5-13)17-21(19,20)18-10-8-14(12-16)9-11-18/h13-15,17H,2-12,16H2,1H3. The predicted molar refractivity (Wildman–Crippen MR) is 86.1 cm³/mol. The van der Waals surface area contributed by atoms with E-state index in [0.29, 0.717) is 25.6 Å². The second-order valence-electron chi connectivity index (χ2n) is 6.71. The summed E-state index contributed by atoms with van der Waals surface area (Å²) in [7, 11) is -3.30. The van der Waals surface area contributed by atoms with Crippen LogP contribution in [0.3, 0.4) is 0 Å². The fourth-order valence-electron chi connectivity index (χ4n) is 3.65. The molecule has 0 amide bonds. The Bertz CT molecular complexity index is 397. The van der Waals surface area contributed by atoms with Gasteiger partial charge in [0.1, 0.15) is 0 Å². The Morgan fingerprint density at radius 1 is 1.05 bits per heavy atom. The Kier molecular flexibility index (Phi) is 6.47. The third-order valence-electron chi connectivity index (χ3n) is 5.11. The summed E-state index contributed by atoms with van der Waals surface area (Å²) in [4.78, 5) is 0. The van der Waals surface area contributed by atoms with Crippen molar-refractivity contribution in [2.75, 3.05) is 19.6 Å². The molecule has 21 heavy (non-hydrogen) atoms. The Hall–Kier alpha value is -0.170. The van der Waals surface area contributed by atoms with Crippen molar-refractivity contribution in [3.8, 4) is 0 Å². The number of piperidine rings is 1. The number of nitrogens with two attached hydrogens (primary N) is 1. The van der Waals surface area contributed by atoms with Gasteiger partial charge in [0.25, 0.3) is 10.2 Å². The molecule has 3 N–H and O–H groups in total. The first-order chi connectivity index (χ1) is 10.0. The van der Waals surface area contributed by atoms with Gasteiger partial charge in [0, 0.05) is 19.1 Å². The van der Waals surface area contributed by atoms with Crippen LogP contribution in [0.4, 0.5) is 0 Å². The van der Waals surface area contributed by atoms with Crippen molar-refractivity contribution in [3.63, 3.8) is 0 Å². The minimum absolute atomic E-state index is 0.135. The van der Waals surface area contributed by atoms with Gasteiger partial charge < -0.3 is 5.73 Å². The molecule has 0 bridgehead atoms. The minimum Gasteiger partial charge on any atom is -0.330 e. The van der Waals surface area contributed by atoms with Crippen molar-refractivity contribution in [1.29, 1.82) is 0 Å². The van der Waals surface area contributed by atoms with Gasteiger partial charge in [-0.15, -0.1) is 0 Å². The zero-order valence-electron chi connectivity index (χ0n) is 13.3. The lowest BCUT2D eigenvalue weighted by molar-refractivity contribution is 0.264. The van der Waals surface area contributed by atoms with E-state index >= 15 is 0 Å². The lowest BCUT2D eigenvalue weighted by Crippen LogP contribution is -2.49. The smallest absolute Gasteiger partial charge is 0.279 e. The van der Waals surface area contributed by atoms with Crippen molar-refractivity contribution in [2.24, 2.45) is 17.6 Å². The third kappa shape index (κ3) is 4.91. The molecule has 0 atom stereocenters. The molecule has 124 valence electrons. The van der Waals surface area contributed by atoms with E-state index in [9.17, 15) is 8.42 Å². The van der Waals surface area contributed by atoms with Gasteiger partial charge in [-0.05, 0) is 56.9 Å². The number of rotatable bonds is 6. The van der Waals surface area contributed by atoms with Gasteiger partial charge >= 0.3 is 0 Å². The Balaban J connectivity index is 1.79. The second kappa shape index (κ2) is 7.90. The number of nitrogens with one attached hydrogen (secondary N) is 1. The van der Waals surface area contributed by atoms with E-state index in [4.69, 9.17) is 5.73 Å². The summed E-state index contributed by atoms with van der Waals surface area (Å²) in [5, 5.41) is 0. The molecule has 5 nitrogen and oxygen atoms in total. The van der Waals surface area contributed by atoms with Crippen molar-refractivity contribution in [3.05, 3.63) is 0 Å². The van der Waals surface area contributed by atoms with Gasteiger partial charge in [0.2, 0.25) is 0 Å². The summed E-state index contributed by atoms with van der Waals surface area (Å²) < 4.78 is 29.4. The van der Waals surface area contributed by atoms with Crippen molar-refractivity contribution in [2.45, 2.75) is 64.3 Å². The van der Waals surface area contributed by atoms with Gasteiger partial charge in [-0.25, -0.2) is 0 Å². The molecule has 0 spiro atoms. The second-order valence-corrected chi connectivity index (χ2v) is 8.41. The molecular weight excluding hydrogens is 286 g/mol. The molecule has 1 aliphatic heterocycles. The highest BCUT2D eigenvalue weighted by molar-refractivity contribution is 7.87. The average Bonchev–Trinajstić information content (AvgIpc) is 2.49. The molecule has 0 aromatic heterocycles. The van der Waals surface area contributed by atoms with Crippen LogP contribution in [0.5, 0.6) is 0 Å². The van der Waals surface area contributed by atoms with Crippen LogP contribution in [0.2, 0.25) is 0 Å². The largest absolute Gasteiger partial charge is 0.330 e. The van der Waals surface area contributed by atoms with Crippen LogP contribution in [-0.4, -0.2) is 38.4 Å². The van der Waals surface area contributed by atoms with E-state index in [1.54, 1.807) is 4.31 Å². The van der Waals surface area contributed by atoms with Gasteiger partial charge in [0.05, 0.1) is 0 Å². The minimum atomic E-state index is -3.30. The predicted octanol–water partition coefficient (Wildman–Crippen LogP) is 1.85. The monoisotopic (exact) mass is 317 g/mol. The average molecular weight is 317 g/mol. The van der Waals surface area contributed by atoms with Gasteiger partial charge in [-0.1, -0.05) is 19.8 Å². The number of hydrogen-bond acceptors (Lipinski definition) is 3. The molecule has 6 heteroatoms. The lowest BCUT2D eigenvalue weighted by Gasteiger charge is -2.34. The molecule has 0 aromatic carbocycles. The highest BCUT2D eigenvalue weighted by Crippen LogP contribution is 2.28. The molecule has 0 unspecified atom stereocenters. The first-order valence-corrected chi connectivity index (χ1v) is 9.96. The van der Waals surface area contributed by atoms with Crippen molar-refractivity contribution >= 4 is 10.2 Å². The highest BCUT2D eigenvalue weighted by atomic mass is 32.2. The Morgan fingerprint density at radius 2 is 1.67 bits per heavy atom. The first-order valence-electron chi connectivity index (χ1n) is 8.52. The van der Waals surface area contributed by atoms with Crippen molar-refractivity contribution in [1.82, 2.24) is 9.03 Å². The molecule has 2 rings (SSSR count). The number of hydrogen-bond donors (Lipinski definition) is 2. The van der Waals surface area contributed by atoms with E-state index in [1.807, 2.05) is 0 Å². The topological polar surface area (TPSA) is 75.4 Å². The van der Waals surface area contributed by atoms with Crippen LogP contribution < -0.4 is 10.5 Å². The Morgan fingerprint density at radius 3 is 2.19 bits per heavy atom. The highest BCUT2D eigenvalue weighted by Gasteiger charge is 2.30. The maximum absolute atomic E-state index is 12.4. The van der Waals surface area contributed by atoms with Crippen molar-refractivity contribution < 1.29 is 8.42 Å². The van der Waals surface area contributed by atoms with E-state index in [2.05, 4.69) is 11.6 Å². The molecule has 0 aromatic rings. The molecular formula is C15H31N3O2S. The van der Waals surface area contributed by atoms with E-state index < -0.39 is 10.2 Å². The third-order valence-corrected chi connectivity index (χ3v) is 6.78. The molecule has 2 fully saturated rings. The van der Waals surface area contributed by atoms with E-state index in [-0.39, 0.29) is 6.04 Å². The summed E-state index contributed by atoms with van der Waals surface area (Å²) >= 11 is 0. The van der Waals surface area contributed by atoms with E-state index in [1.165, 1.54) is 12.8 Å². The van der Waals surface area contributed by atoms with Gasteiger partial charge in [-0.2, -0.15) is 17.4 Å². The summed E-state index contributed by atoms with van der Waals surface area (Å²) in [6.07, 6.45) is 8.60. The lowest BCUT2D eigenvalue weighted by atomic mass is 9.84. The molecule has 0 radical (unpaired) electrons. The van der Waals surface area contributed by atoms with E-state index in [0.717, 1.165) is 44.4 Å². The zero-order chi connectivity index (χ0) is 15.3. The van der Waals surface area contributed by atoms with Crippen LogP contribution in [0.1, 0.15) is 58.3 Å². The van der Waals surface area contributed by atoms with Crippen LogP contribution in [0, 0.1) is 11.8 Å². The van der Waals surface area contributed by atoms with Crippen LogP contribution in [0.25, 0.3) is 0 Å². The molecule has 2 aliphatic rings. The molecule has 1 aliphatic carbocycles. The van der Waals surface area contributed by atoms with Crippen LogP contribution in [0.15, 0.2) is 0 Å². The number of nitrogens with zero attached hydrogens (tertiary/aromatic N) is 1. The molecule has 1 heterocycles. The SMILES string of the molecule is CCCC1CCC(NS(=O)(=O)N2CCC(CN)CC2)CC1. The van der Waals surface area contributed by atoms with Crippen LogP contribution >= 0.6 is 0 Å². The Labute approximate surface area is 129 Å². The maximum atomic E-state index is 12.4. The fraction of sp³-hybridized carbons (Fsp3) is 1.00. The first kappa shape index (κ1) is 17.2.